The predicted octanol–water partition coefficient (Wildman–Crippen LogP) is 3.87. The Morgan fingerprint density at radius 1 is 1.06 bits per heavy atom. The molecule has 0 atom stereocenters. The molecule has 3 heteroatoms. The van der Waals surface area contributed by atoms with Gasteiger partial charge in [0.2, 0.25) is 0 Å². The fraction of sp³-hybridized carbons (Fsp3) is 0.800. The normalized spacial score (nSPS) is 12.4. The molecule has 0 aromatic carbocycles. The molecule has 0 aliphatic heterocycles. The molecule has 0 unspecified atom stereocenters. The molecular weight excluding hydrogens is 224 g/mol. The number of urea groups is 1. The second kappa shape index (κ2) is 8.17. The van der Waals surface area contributed by atoms with E-state index in [0.29, 0.717) is 17.8 Å². The van der Waals surface area contributed by atoms with Crippen molar-refractivity contribution in [2.45, 2.75) is 48.5 Å². The van der Waals surface area contributed by atoms with Gasteiger partial charge in [-0.3, -0.25) is 0 Å². The molecule has 0 heterocycles. The van der Waals surface area contributed by atoms with Crippen LogP contribution in [-0.2, 0) is 0 Å². The van der Waals surface area contributed by atoms with Gasteiger partial charge in [-0.2, -0.15) is 0 Å². The molecule has 18 heavy (non-hydrogen) atoms. The van der Waals surface area contributed by atoms with Gasteiger partial charge in [-0.25, -0.2) is 4.79 Å². The molecule has 3 nitrogen and oxygen atoms in total. The summed E-state index contributed by atoms with van der Waals surface area (Å²) in [6.07, 6.45) is 1.83. The van der Waals surface area contributed by atoms with E-state index in [-0.39, 0.29) is 6.03 Å². The number of hydrogen-bond acceptors (Lipinski definition) is 1. The van der Waals surface area contributed by atoms with Gasteiger partial charge in [-0.15, -0.1) is 0 Å². The van der Waals surface area contributed by atoms with Crippen LogP contribution in [0.25, 0.3) is 0 Å². The van der Waals surface area contributed by atoms with Gasteiger partial charge in [0, 0.05) is 19.3 Å². The topological polar surface area (TPSA) is 32.3 Å². The van der Waals surface area contributed by atoms with Crippen LogP contribution < -0.4 is 5.32 Å². The van der Waals surface area contributed by atoms with E-state index in [1.165, 1.54) is 5.57 Å². The van der Waals surface area contributed by atoms with Gasteiger partial charge in [0.15, 0.2) is 0 Å². The van der Waals surface area contributed by atoms with Crippen LogP contribution in [0.4, 0.5) is 4.79 Å². The molecule has 0 rings (SSSR count). The summed E-state index contributed by atoms with van der Waals surface area (Å²) in [5.41, 5.74) is 1.19. The third-order valence-electron chi connectivity index (χ3n) is 2.79. The molecule has 0 saturated carbocycles. The van der Waals surface area contributed by atoms with Crippen molar-refractivity contribution in [1.82, 2.24) is 10.2 Å². The van der Waals surface area contributed by atoms with Gasteiger partial charge in [-0.1, -0.05) is 47.1 Å². The van der Waals surface area contributed by atoms with Crippen molar-refractivity contribution in [1.29, 1.82) is 0 Å². The Hall–Kier alpha value is -0.990. The number of rotatable bonds is 6. The number of hydrogen-bond donors (Lipinski definition) is 1. The van der Waals surface area contributed by atoms with Gasteiger partial charge < -0.3 is 10.2 Å². The molecule has 0 aliphatic rings. The number of nitrogens with one attached hydrogen (secondary N) is 1. The van der Waals surface area contributed by atoms with Crippen molar-refractivity contribution in [2.24, 2.45) is 17.8 Å². The molecule has 0 spiro atoms. The Morgan fingerprint density at radius 3 is 1.83 bits per heavy atom. The quantitative estimate of drug-likeness (QED) is 0.766. The molecule has 0 radical (unpaired) electrons. The second-order valence-corrected chi connectivity index (χ2v) is 6.19. The highest BCUT2D eigenvalue weighted by Crippen LogP contribution is 2.07. The number of allylic oxidation sites excluding steroid dienone is 1. The highest BCUT2D eigenvalue weighted by molar-refractivity contribution is 5.75. The van der Waals surface area contributed by atoms with Crippen molar-refractivity contribution in [3.05, 3.63) is 11.8 Å². The lowest BCUT2D eigenvalue weighted by Gasteiger charge is -2.26. The SMILES string of the molecule is C/C(=C\NC(=O)N(CC(C)C)CC(C)C)C(C)C. The van der Waals surface area contributed by atoms with Crippen LogP contribution in [0.1, 0.15) is 48.5 Å². The zero-order valence-corrected chi connectivity index (χ0v) is 13.1. The first kappa shape index (κ1) is 17.0. The van der Waals surface area contributed by atoms with Crippen LogP contribution in [0.2, 0.25) is 0 Å². The van der Waals surface area contributed by atoms with Crippen molar-refractivity contribution in [2.75, 3.05) is 13.1 Å². The molecule has 1 N–H and O–H groups in total. The fourth-order valence-electron chi connectivity index (χ4n) is 1.56. The van der Waals surface area contributed by atoms with Crippen LogP contribution in [0, 0.1) is 17.8 Å². The molecule has 2 amide bonds. The van der Waals surface area contributed by atoms with Crippen molar-refractivity contribution in [3.63, 3.8) is 0 Å². The predicted molar refractivity (Wildman–Crippen MR) is 78.4 cm³/mol. The Balaban J connectivity index is 4.51. The van der Waals surface area contributed by atoms with Crippen LogP contribution in [0.15, 0.2) is 11.8 Å². The van der Waals surface area contributed by atoms with Gasteiger partial charge in [0.05, 0.1) is 0 Å². The van der Waals surface area contributed by atoms with E-state index >= 15 is 0 Å². The van der Waals surface area contributed by atoms with Crippen molar-refractivity contribution >= 4 is 6.03 Å². The smallest absolute Gasteiger partial charge is 0.321 e. The van der Waals surface area contributed by atoms with Crippen molar-refractivity contribution in [3.8, 4) is 0 Å². The Kier molecular flexibility index (Phi) is 7.72. The monoisotopic (exact) mass is 254 g/mol. The average molecular weight is 254 g/mol. The Morgan fingerprint density at radius 2 is 1.50 bits per heavy atom. The zero-order chi connectivity index (χ0) is 14.3. The summed E-state index contributed by atoms with van der Waals surface area (Å²) in [6, 6.07) is 0.0115. The summed E-state index contributed by atoms with van der Waals surface area (Å²) >= 11 is 0. The first-order chi connectivity index (χ1) is 8.23. The lowest BCUT2D eigenvalue weighted by Crippen LogP contribution is -2.42. The molecule has 0 aromatic heterocycles. The summed E-state index contributed by atoms with van der Waals surface area (Å²) in [4.78, 5) is 14.0. The Bertz CT molecular complexity index is 270. The molecule has 106 valence electrons. The van der Waals surface area contributed by atoms with Gasteiger partial charge in [0.25, 0.3) is 0 Å². The van der Waals surface area contributed by atoms with E-state index in [2.05, 4.69) is 46.9 Å². The summed E-state index contributed by atoms with van der Waals surface area (Å²) in [5, 5.41) is 2.90. The van der Waals surface area contributed by atoms with Crippen LogP contribution >= 0.6 is 0 Å². The summed E-state index contributed by atoms with van der Waals surface area (Å²) in [5.74, 6) is 1.45. The van der Waals surface area contributed by atoms with Crippen LogP contribution in [-0.4, -0.2) is 24.0 Å². The highest BCUT2D eigenvalue weighted by atomic mass is 16.2. The van der Waals surface area contributed by atoms with E-state index in [4.69, 9.17) is 0 Å². The van der Waals surface area contributed by atoms with Crippen LogP contribution in [0.3, 0.4) is 0 Å². The summed E-state index contributed by atoms with van der Waals surface area (Å²) in [7, 11) is 0. The lowest BCUT2D eigenvalue weighted by molar-refractivity contribution is 0.187. The molecular formula is C15H30N2O. The minimum atomic E-state index is 0.0115. The standard InChI is InChI=1S/C15H30N2O/c1-11(2)9-17(10-12(3)4)15(18)16-8-14(7)13(5)6/h8,11-13H,9-10H2,1-7H3,(H,16,18)/b14-8+. The minimum Gasteiger partial charge on any atom is -0.324 e. The van der Waals surface area contributed by atoms with E-state index in [9.17, 15) is 4.79 Å². The largest absolute Gasteiger partial charge is 0.324 e. The Labute approximate surface area is 113 Å². The number of nitrogens with zero attached hydrogens (tertiary/aromatic N) is 1. The maximum Gasteiger partial charge on any atom is 0.321 e. The van der Waals surface area contributed by atoms with Gasteiger partial charge in [-0.05, 0) is 24.7 Å². The van der Waals surface area contributed by atoms with Gasteiger partial charge >= 0.3 is 6.03 Å². The summed E-state index contributed by atoms with van der Waals surface area (Å²) in [6.45, 7) is 16.4. The molecule has 0 aromatic rings. The first-order valence-corrected chi connectivity index (χ1v) is 6.96. The minimum absolute atomic E-state index is 0.0115. The van der Waals surface area contributed by atoms with Crippen LogP contribution in [0.5, 0.6) is 0 Å². The lowest BCUT2D eigenvalue weighted by atomic mass is 10.1. The first-order valence-electron chi connectivity index (χ1n) is 6.96. The second-order valence-electron chi connectivity index (χ2n) is 6.19. The third-order valence-corrected chi connectivity index (χ3v) is 2.79. The van der Waals surface area contributed by atoms with E-state index in [0.717, 1.165) is 13.1 Å². The summed E-state index contributed by atoms with van der Waals surface area (Å²) < 4.78 is 0. The molecule has 0 aliphatic carbocycles. The fourth-order valence-corrected chi connectivity index (χ4v) is 1.56. The molecule has 0 saturated heterocycles. The number of amides is 2. The third kappa shape index (κ3) is 7.36. The van der Waals surface area contributed by atoms with Gasteiger partial charge in [0.1, 0.15) is 0 Å². The molecule has 0 fully saturated rings. The van der Waals surface area contributed by atoms with E-state index < -0.39 is 0 Å². The zero-order valence-electron chi connectivity index (χ0n) is 13.1. The average Bonchev–Trinajstić information content (AvgIpc) is 2.22. The maximum atomic E-state index is 12.1. The molecule has 0 bridgehead atoms. The van der Waals surface area contributed by atoms with E-state index in [1.54, 1.807) is 0 Å². The maximum absolute atomic E-state index is 12.1. The number of carbonyl (C=O) groups is 1. The number of carbonyl (C=O) groups excluding carboxylic acids is 1. The highest BCUT2D eigenvalue weighted by Gasteiger charge is 2.15. The van der Waals surface area contributed by atoms with Crippen molar-refractivity contribution < 1.29 is 4.79 Å². The van der Waals surface area contributed by atoms with E-state index in [1.807, 2.05) is 18.0 Å².